The van der Waals surface area contributed by atoms with Crippen LogP contribution in [0.3, 0.4) is 0 Å². The monoisotopic (exact) mass is 358 g/mol. The lowest BCUT2D eigenvalue weighted by Gasteiger charge is -2.10. The summed E-state index contributed by atoms with van der Waals surface area (Å²) in [5.41, 5.74) is 1.20. The van der Waals surface area contributed by atoms with E-state index in [2.05, 4.69) is 26.6 Å². The Morgan fingerprint density at radius 2 is 1.79 bits per heavy atom. The highest BCUT2D eigenvalue weighted by atomic mass is 79.9. The Kier molecular flexibility index (Phi) is 4.69. The number of hydrogen-bond donors (Lipinski definition) is 2. The van der Waals surface area contributed by atoms with E-state index in [0.29, 0.717) is 25.9 Å². The first-order valence-electron chi connectivity index (χ1n) is 5.34. The molecular weight excluding hydrogens is 351 g/mol. The minimum absolute atomic E-state index is 0.370. The second kappa shape index (κ2) is 6.28. The quantitative estimate of drug-likeness (QED) is 0.740. The Balaban J connectivity index is 2.08. The molecule has 0 atom stereocenters. The lowest BCUT2D eigenvalue weighted by molar-refractivity contribution is 0.262. The second-order valence-corrected chi connectivity index (χ2v) is 5.33. The molecule has 0 aromatic heterocycles. The van der Waals surface area contributed by atoms with Crippen molar-refractivity contribution in [1.29, 1.82) is 0 Å². The average Bonchev–Trinajstić information content (AvgIpc) is 2.35. The molecule has 3 nitrogen and oxygen atoms in total. The number of halogens is 3. The number of amides is 2. The molecule has 0 radical (unpaired) electrons. The van der Waals surface area contributed by atoms with Gasteiger partial charge in [-0.3, -0.25) is 0 Å². The number of hydrogen-bond acceptors (Lipinski definition) is 1. The minimum Gasteiger partial charge on any atom is -0.308 e. The first-order chi connectivity index (χ1) is 9.06. The van der Waals surface area contributed by atoms with E-state index in [1.165, 1.54) is 0 Å². The molecule has 6 heteroatoms. The molecule has 98 valence electrons. The van der Waals surface area contributed by atoms with Crippen LogP contribution >= 0.6 is 39.1 Å². The number of benzene rings is 2. The first kappa shape index (κ1) is 14.2. The number of rotatable bonds is 2. The smallest absolute Gasteiger partial charge is 0.308 e. The highest BCUT2D eigenvalue weighted by Crippen LogP contribution is 2.30. The number of urea groups is 1. The van der Waals surface area contributed by atoms with Crippen molar-refractivity contribution in [3.8, 4) is 0 Å². The first-order valence-corrected chi connectivity index (χ1v) is 6.89. The van der Waals surface area contributed by atoms with E-state index < -0.39 is 0 Å². The summed E-state index contributed by atoms with van der Waals surface area (Å²) in [5, 5.41) is 6.46. The lowest BCUT2D eigenvalue weighted by Crippen LogP contribution is -2.19. The van der Waals surface area contributed by atoms with E-state index in [0.717, 1.165) is 0 Å². The van der Waals surface area contributed by atoms with Crippen molar-refractivity contribution in [2.45, 2.75) is 0 Å². The molecule has 19 heavy (non-hydrogen) atoms. The van der Waals surface area contributed by atoms with E-state index in [-0.39, 0.29) is 6.03 Å². The number of carbonyl (C=O) groups excluding carboxylic acids is 1. The summed E-state index contributed by atoms with van der Waals surface area (Å²) in [7, 11) is 0. The van der Waals surface area contributed by atoms with Gasteiger partial charge in [-0.2, -0.15) is 0 Å². The maximum absolute atomic E-state index is 11.8. The fraction of sp³-hybridized carbons (Fsp3) is 0. The van der Waals surface area contributed by atoms with Crippen LogP contribution in [0.25, 0.3) is 0 Å². The van der Waals surface area contributed by atoms with E-state index in [9.17, 15) is 4.79 Å². The van der Waals surface area contributed by atoms with E-state index in [1.54, 1.807) is 42.5 Å². The maximum Gasteiger partial charge on any atom is 0.323 e. The van der Waals surface area contributed by atoms with Crippen molar-refractivity contribution in [3.05, 3.63) is 57.0 Å². The summed E-state index contributed by atoms with van der Waals surface area (Å²) >= 11 is 15.1. The molecule has 0 aliphatic rings. The van der Waals surface area contributed by atoms with Crippen LogP contribution in [0.1, 0.15) is 0 Å². The summed E-state index contributed by atoms with van der Waals surface area (Å²) in [5.74, 6) is 0. The van der Waals surface area contributed by atoms with Gasteiger partial charge < -0.3 is 10.6 Å². The number of nitrogens with one attached hydrogen (secondary N) is 2. The molecule has 0 spiro atoms. The second-order valence-electron chi connectivity index (χ2n) is 3.69. The summed E-state index contributed by atoms with van der Waals surface area (Å²) < 4.78 is 0.637. The molecule has 2 aromatic rings. The molecule has 2 aromatic carbocycles. The molecule has 0 saturated carbocycles. The standard InChI is InChI=1S/C13H9BrCl2N2O/c14-12-10(16)5-2-6-11(12)18-13(19)17-9-4-1-3-8(15)7-9/h1-7H,(H2,17,18,19). The van der Waals surface area contributed by atoms with Crippen molar-refractivity contribution in [3.63, 3.8) is 0 Å². The van der Waals surface area contributed by atoms with Crippen LogP contribution in [0.15, 0.2) is 46.9 Å². The lowest BCUT2D eigenvalue weighted by atomic mass is 10.3. The molecule has 0 fully saturated rings. The predicted molar refractivity (Wildman–Crippen MR) is 83.2 cm³/mol. The fourth-order valence-corrected chi connectivity index (χ4v) is 2.18. The fourth-order valence-electron chi connectivity index (χ4n) is 1.45. The maximum atomic E-state index is 11.8. The van der Waals surface area contributed by atoms with Crippen molar-refractivity contribution in [2.75, 3.05) is 10.6 Å². The Hall–Kier alpha value is -1.23. The normalized spacial score (nSPS) is 10.1. The third-order valence-corrected chi connectivity index (χ3v) is 3.91. The molecule has 2 rings (SSSR count). The molecular formula is C13H9BrCl2N2O. The van der Waals surface area contributed by atoms with Gasteiger partial charge in [-0.25, -0.2) is 4.79 Å². The van der Waals surface area contributed by atoms with Crippen LogP contribution in [0.2, 0.25) is 10.0 Å². The van der Waals surface area contributed by atoms with Crippen molar-refractivity contribution in [2.24, 2.45) is 0 Å². The van der Waals surface area contributed by atoms with Crippen molar-refractivity contribution < 1.29 is 4.79 Å². The van der Waals surface area contributed by atoms with Crippen LogP contribution in [-0.4, -0.2) is 6.03 Å². The third-order valence-electron chi connectivity index (χ3n) is 2.28. The Morgan fingerprint density at radius 1 is 1.05 bits per heavy atom. The molecule has 0 aliphatic carbocycles. The Labute approximate surface area is 129 Å². The van der Waals surface area contributed by atoms with E-state index >= 15 is 0 Å². The van der Waals surface area contributed by atoms with Crippen LogP contribution in [-0.2, 0) is 0 Å². The molecule has 2 N–H and O–H groups in total. The molecule has 2 amide bonds. The van der Waals surface area contributed by atoms with Gasteiger partial charge in [-0.15, -0.1) is 0 Å². The zero-order valence-electron chi connectivity index (χ0n) is 9.58. The predicted octanol–water partition coefficient (Wildman–Crippen LogP) is 5.40. The van der Waals surface area contributed by atoms with Gasteiger partial charge in [0, 0.05) is 10.7 Å². The van der Waals surface area contributed by atoms with Gasteiger partial charge >= 0.3 is 6.03 Å². The largest absolute Gasteiger partial charge is 0.323 e. The third kappa shape index (κ3) is 3.86. The highest BCUT2D eigenvalue weighted by Gasteiger charge is 2.07. The molecule has 0 unspecified atom stereocenters. The van der Waals surface area contributed by atoms with Crippen LogP contribution < -0.4 is 10.6 Å². The summed E-state index contributed by atoms with van der Waals surface area (Å²) in [6.45, 7) is 0. The minimum atomic E-state index is -0.370. The molecule has 0 aliphatic heterocycles. The number of anilines is 2. The molecule has 0 bridgehead atoms. The number of carbonyl (C=O) groups is 1. The van der Waals surface area contributed by atoms with Gasteiger partial charge in [0.1, 0.15) is 0 Å². The van der Waals surface area contributed by atoms with Gasteiger partial charge in [0.25, 0.3) is 0 Å². The van der Waals surface area contributed by atoms with E-state index in [4.69, 9.17) is 23.2 Å². The molecule has 0 saturated heterocycles. The van der Waals surface area contributed by atoms with Gasteiger partial charge in [0.15, 0.2) is 0 Å². The topological polar surface area (TPSA) is 41.1 Å². The summed E-state index contributed by atoms with van der Waals surface area (Å²) in [6, 6.07) is 11.8. The van der Waals surface area contributed by atoms with Gasteiger partial charge in [-0.1, -0.05) is 35.3 Å². The summed E-state index contributed by atoms with van der Waals surface area (Å²) in [6.07, 6.45) is 0. The van der Waals surface area contributed by atoms with Crippen molar-refractivity contribution >= 4 is 56.5 Å². The zero-order chi connectivity index (χ0) is 13.8. The van der Waals surface area contributed by atoms with Crippen molar-refractivity contribution in [1.82, 2.24) is 0 Å². The van der Waals surface area contributed by atoms with Crippen LogP contribution in [0, 0.1) is 0 Å². The highest BCUT2D eigenvalue weighted by molar-refractivity contribution is 9.10. The SMILES string of the molecule is O=C(Nc1cccc(Cl)c1)Nc1cccc(Cl)c1Br. The zero-order valence-corrected chi connectivity index (χ0v) is 12.7. The van der Waals surface area contributed by atoms with Gasteiger partial charge in [0.05, 0.1) is 15.2 Å². The van der Waals surface area contributed by atoms with Gasteiger partial charge in [-0.05, 0) is 46.3 Å². The van der Waals surface area contributed by atoms with Gasteiger partial charge in [0.2, 0.25) is 0 Å². The average molecular weight is 360 g/mol. The Morgan fingerprint density at radius 3 is 2.53 bits per heavy atom. The van der Waals surface area contributed by atoms with Crippen LogP contribution in [0.5, 0.6) is 0 Å². The Bertz CT molecular complexity index is 619. The van der Waals surface area contributed by atoms with E-state index in [1.807, 2.05) is 0 Å². The molecule has 0 heterocycles. The van der Waals surface area contributed by atoms with Crippen LogP contribution in [0.4, 0.5) is 16.2 Å². The summed E-state index contributed by atoms with van der Waals surface area (Å²) in [4.78, 5) is 11.8.